The van der Waals surface area contributed by atoms with Crippen molar-refractivity contribution in [2.75, 3.05) is 6.61 Å². The van der Waals surface area contributed by atoms with Crippen molar-refractivity contribution in [3.05, 3.63) is 23.4 Å². The first-order valence-electron chi connectivity index (χ1n) is 4.01. The zero-order valence-electron chi connectivity index (χ0n) is 7.75. The molecule has 0 aliphatic heterocycles. The van der Waals surface area contributed by atoms with E-state index in [1.54, 1.807) is 18.3 Å². The van der Waals surface area contributed by atoms with Crippen LogP contribution in [-0.4, -0.2) is 17.1 Å². The van der Waals surface area contributed by atoms with Gasteiger partial charge in [0.05, 0.1) is 0 Å². The number of aromatic nitrogens is 1. The molecule has 72 valence electrons. The monoisotopic (exact) mass is 200 g/mol. The summed E-state index contributed by atoms with van der Waals surface area (Å²) in [6.45, 7) is 4.15. The minimum absolute atomic E-state index is 0.374. The highest BCUT2D eigenvalue weighted by Gasteiger charge is 2.12. The smallest absolute Gasteiger partial charge is 0.232 e. The van der Waals surface area contributed by atoms with Crippen molar-refractivity contribution in [2.24, 2.45) is 5.73 Å². The normalized spacial score (nSPS) is 11.4. The lowest BCUT2D eigenvalue weighted by Gasteiger charge is -2.18. The molecule has 1 aromatic rings. The van der Waals surface area contributed by atoms with Crippen molar-refractivity contribution in [1.82, 2.24) is 4.98 Å². The first-order chi connectivity index (χ1) is 5.99. The molecule has 0 unspecified atom stereocenters. The molecule has 0 aliphatic carbocycles. The summed E-state index contributed by atoms with van der Waals surface area (Å²) in [5.74, 6) is 0.433. The van der Waals surface area contributed by atoms with Gasteiger partial charge in [-0.15, -0.1) is 0 Å². The van der Waals surface area contributed by atoms with Gasteiger partial charge in [0.2, 0.25) is 5.88 Å². The van der Waals surface area contributed by atoms with E-state index in [-0.39, 0.29) is 5.54 Å². The van der Waals surface area contributed by atoms with Crippen LogP contribution in [0.3, 0.4) is 0 Å². The van der Waals surface area contributed by atoms with Crippen LogP contribution in [0.2, 0.25) is 5.02 Å². The molecule has 1 heterocycles. The Bertz CT molecular complexity index is 283. The quantitative estimate of drug-likeness (QED) is 0.810. The van der Waals surface area contributed by atoms with E-state index < -0.39 is 0 Å². The highest BCUT2D eigenvalue weighted by Crippen LogP contribution is 2.20. The minimum Gasteiger partial charge on any atom is -0.475 e. The SMILES string of the molecule is CC(C)(N)COc1ncccc1Cl. The maximum Gasteiger partial charge on any atom is 0.232 e. The number of hydrogen-bond acceptors (Lipinski definition) is 3. The lowest BCUT2D eigenvalue weighted by molar-refractivity contribution is 0.235. The molecule has 0 amide bonds. The summed E-state index contributed by atoms with van der Waals surface area (Å²) in [6, 6.07) is 3.48. The summed E-state index contributed by atoms with van der Waals surface area (Å²) in [5.41, 5.74) is 5.36. The minimum atomic E-state index is -0.374. The van der Waals surface area contributed by atoms with Crippen LogP contribution in [0.15, 0.2) is 18.3 Å². The number of ether oxygens (including phenoxy) is 1. The summed E-state index contributed by atoms with van der Waals surface area (Å²) >= 11 is 5.82. The molecule has 3 nitrogen and oxygen atoms in total. The molecule has 2 N–H and O–H groups in total. The molecular formula is C9H13ClN2O. The van der Waals surface area contributed by atoms with Crippen LogP contribution < -0.4 is 10.5 Å². The molecule has 0 radical (unpaired) electrons. The third kappa shape index (κ3) is 3.61. The molecule has 0 saturated carbocycles. The Hall–Kier alpha value is -0.800. The van der Waals surface area contributed by atoms with Gasteiger partial charge < -0.3 is 10.5 Å². The average molecular weight is 201 g/mol. The molecule has 0 atom stereocenters. The van der Waals surface area contributed by atoms with E-state index in [0.29, 0.717) is 17.5 Å². The van der Waals surface area contributed by atoms with E-state index in [4.69, 9.17) is 22.1 Å². The number of rotatable bonds is 3. The van der Waals surface area contributed by atoms with Crippen LogP contribution in [0.4, 0.5) is 0 Å². The predicted molar refractivity (Wildman–Crippen MR) is 53.0 cm³/mol. The molecule has 0 fully saturated rings. The zero-order chi connectivity index (χ0) is 9.90. The van der Waals surface area contributed by atoms with E-state index >= 15 is 0 Å². The summed E-state index contributed by atoms with van der Waals surface area (Å²) in [4.78, 5) is 3.97. The maximum atomic E-state index is 5.82. The van der Waals surface area contributed by atoms with E-state index in [9.17, 15) is 0 Å². The fraction of sp³-hybridized carbons (Fsp3) is 0.444. The molecule has 0 aliphatic rings. The third-order valence-electron chi connectivity index (χ3n) is 1.31. The van der Waals surface area contributed by atoms with Gasteiger partial charge in [0.15, 0.2) is 0 Å². The highest BCUT2D eigenvalue weighted by atomic mass is 35.5. The van der Waals surface area contributed by atoms with Gasteiger partial charge in [-0.1, -0.05) is 11.6 Å². The second-order valence-electron chi connectivity index (χ2n) is 3.57. The number of nitrogens with two attached hydrogens (primary N) is 1. The van der Waals surface area contributed by atoms with Crippen molar-refractivity contribution >= 4 is 11.6 Å². The van der Waals surface area contributed by atoms with E-state index in [1.165, 1.54) is 0 Å². The lowest BCUT2D eigenvalue weighted by atomic mass is 10.1. The van der Waals surface area contributed by atoms with Gasteiger partial charge in [-0.05, 0) is 26.0 Å². The van der Waals surface area contributed by atoms with Crippen molar-refractivity contribution in [3.8, 4) is 5.88 Å². The highest BCUT2D eigenvalue weighted by molar-refractivity contribution is 6.31. The molecule has 0 saturated heterocycles. The Balaban J connectivity index is 2.60. The van der Waals surface area contributed by atoms with Crippen LogP contribution in [0.1, 0.15) is 13.8 Å². The van der Waals surface area contributed by atoms with Crippen molar-refractivity contribution in [3.63, 3.8) is 0 Å². The Morgan fingerprint density at radius 2 is 2.31 bits per heavy atom. The van der Waals surface area contributed by atoms with E-state index in [0.717, 1.165) is 0 Å². The lowest BCUT2D eigenvalue weighted by Crippen LogP contribution is -2.38. The predicted octanol–water partition coefficient (Wildman–Crippen LogP) is 1.85. The number of halogens is 1. The van der Waals surface area contributed by atoms with Crippen LogP contribution >= 0.6 is 11.6 Å². The first-order valence-corrected chi connectivity index (χ1v) is 4.39. The molecule has 13 heavy (non-hydrogen) atoms. The molecule has 0 spiro atoms. The Kier molecular flexibility index (Phi) is 3.12. The molecular weight excluding hydrogens is 188 g/mol. The topological polar surface area (TPSA) is 48.1 Å². The molecule has 1 rings (SSSR count). The summed E-state index contributed by atoms with van der Waals surface area (Å²) < 4.78 is 5.33. The Labute approximate surface area is 82.9 Å². The summed E-state index contributed by atoms with van der Waals surface area (Å²) in [5, 5.41) is 0.506. The molecule has 4 heteroatoms. The van der Waals surface area contributed by atoms with Gasteiger partial charge >= 0.3 is 0 Å². The first kappa shape index (κ1) is 10.3. The average Bonchev–Trinajstić information content (AvgIpc) is 2.01. The van der Waals surface area contributed by atoms with Crippen molar-refractivity contribution in [1.29, 1.82) is 0 Å². The third-order valence-corrected chi connectivity index (χ3v) is 1.59. The van der Waals surface area contributed by atoms with Crippen molar-refractivity contribution < 1.29 is 4.74 Å². The number of pyridine rings is 1. The van der Waals surface area contributed by atoms with Gasteiger partial charge in [-0.2, -0.15) is 0 Å². The van der Waals surface area contributed by atoms with Crippen LogP contribution in [0.25, 0.3) is 0 Å². The van der Waals surface area contributed by atoms with Crippen LogP contribution in [0.5, 0.6) is 5.88 Å². The molecule has 0 aromatic carbocycles. The number of nitrogens with zero attached hydrogens (tertiary/aromatic N) is 1. The fourth-order valence-corrected chi connectivity index (χ4v) is 0.908. The van der Waals surface area contributed by atoms with Crippen LogP contribution in [0, 0.1) is 0 Å². The Morgan fingerprint density at radius 3 is 2.85 bits per heavy atom. The molecule has 1 aromatic heterocycles. The largest absolute Gasteiger partial charge is 0.475 e. The van der Waals surface area contributed by atoms with E-state index in [1.807, 2.05) is 13.8 Å². The number of hydrogen-bond donors (Lipinski definition) is 1. The van der Waals surface area contributed by atoms with Crippen LogP contribution in [-0.2, 0) is 0 Å². The summed E-state index contributed by atoms with van der Waals surface area (Å²) in [7, 11) is 0. The van der Waals surface area contributed by atoms with Gasteiger partial charge in [0.1, 0.15) is 11.6 Å². The second-order valence-corrected chi connectivity index (χ2v) is 3.97. The standard InChI is InChI=1S/C9H13ClN2O/c1-9(2,11)6-13-8-7(10)4-3-5-12-8/h3-5H,6,11H2,1-2H3. The second kappa shape index (κ2) is 3.94. The van der Waals surface area contributed by atoms with Gasteiger partial charge in [0.25, 0.3) is 0 Å². The van der Waals surface area contributed by atoms with Gasteiger partial charge in [-0.3, -0.25) is 0 Å². The maximum absolute atomic E-state index is 5.82. The van der Waals surface area contributed by atoms with Crippen molar-refractivity contribution in [2.45, 2.75) is 19.4 Å². The fourth-order valence-electron chi connectivity index (χ4n) is 0.732. The Morgan fingerprint density at radius 1 is 1.62 bits per heavy atom. The zero-order valence-corrected chi connectivity index (χ0v) is 8.51. The van der Waals surface area contributed by atoms with Gasteiger partial charge in [-0.25, -0.2) is 4.98 Å². The van der Waals surface area contributed by atoms with Gasteiger partial charge in [0, 0.05) is 11.7 Å². The molecule has 0 bridgehead atoms. The van der Waals surface area contributed by atoms with E-state index in [2.05, 4.69) is 4.98 Å². The summed E-state index contributed by atoms with van der Waals surface area (Å²) in [6.07, 6.45) is 1.63.